The number of pyridine rings is 1. The topological polar surface area (TPSA) is 98.0 Å². The van der Waals surface area contributed by atoms with Crippen LogP contribution in [0.3, 0.4) is 0 Å². The first-order valence-electron chi connectivity index (χ1n) is 10.1. The van der Waals surface area contributed by atoms with Gasteiger partial charge in [0, 0.05) is 17.8 Å². The van der Waals surface area contributed by atoms with E-state index in [4.69, 9.17) is 14.6 Å². The molecule has 1 heterocycles. The van der Waals surface area contributed by atoms with Gasteiger partial charge in [0.15, 0.2) is 5.75 Å². The summed E-state index contributed by atoms with van der Waals surface area (Å²) in [5, 5.41) is 19.4. The molecule has 1 unspecified atom stereocenters. The third-order valence-electron chi connectivity index (χ3n) is 5.55. The van der Waals surface area contributed by atoms with Gasteiger partial charge in [0.05, 0.1) is 25.0 Å². The lowest BCUT2D eigenvalue weighted by Crippen LogP contribution is -2.28. The SMILES string of the molecule is COc1ccccc1-c1ccc(Cn2cc(OC(=O)O)c(=O)c3c2CCCC3O)cc1. The summed E-state index contributed by atoms with van der Waals surface area (Å²) < 4.78 is 11.9. The van der Waals surface area contributed by atoms with Gasteiger partial charge in [-0.1, -0.05) is 42.5 Å². The normalized spacial score (nSPS) is 15.2. The van der Waals surface area contributed by atoms with E-state index in [1.54, 1.807) is 11.7 Å². The average Bonchev–Trinajstić information content (AvgIpc) is 2.77. The van der Waals surface area contributed by atoms with E-state index in [1.807, 2.05) is 48.5 Å². The van der Waals surface area contributed by atoms with Crippen molar-refractivity contribution in [2.75, 3.05) is 7.11 Å². The van der Waals surface area contributed by atoms with Crippen molar-refractivity contribution in [3.8, 4) is 22.6 Å². The number of para-hydroxylation sites is 1. The Morgan fingerprint density at radius 1 is 1.13 bits per heavy atom. The van der Waals surface area contributed by atoms with Crippen molar-refractivity contribution in [3.05, 3.63) is 81.8 Å². The minimum atomic E-state index is -1.56. The van der Waals surface area contributed by atoms with Crippen LogP contribution in [0.1, 0.15) is 35.8 Å². The van der Waals surface area contributed by atoms with E-state index in [1.165, 1.54) is 6.20 Å². The van der Waals surface area contributed by atoms with Crippen molar-refractivity contribution in [1.82, 2.24) is 4.57 Å². The highest BCUT2D eigenvalue weighted by atomic mass is 16.7. The number of aliphatic hydroxyl groups is 1. The van der Waals surface area contributed by atoms with Gasteiger partial charge in [-0.15, -0.1) is 0 Å². The number of aliphatic hydroxyl groups excluding tert-OH is 1. The fourth-order valence-corrected chi connectivity index (χ4v) is 4.10. The molecule has 7 nitrogen and oxygen atoms in total. The molecule has 3 aromatic rings. The molecule has 160 valence electrons. The fourth-order valence-electron chi connectivity index (χ4n) is 4.10. The van der Waals surface area contributed by atoms with Crippen LogP contribution in [0.25, 0.3) is 11.1 Å². The fraction of sp³-hybridized carbons (Fsp3) is 0.250. The zero-order valence-corrected chi connectivity index (χ0v) is 17.1. The molecule has 1 aromatic heterocycles. The van der Waals surface area contributed by atoms with Crippen LogP contribution in [0.15, 0.2) is 59.5 Å². The van der Waals surface area contributed by atoms with Crippen LogP contribution in [0, 0.1) is 0 Å². The molecule has 0 bridgehead atoms. The lowest BCUT2D eigenvalue weighted by atomic mass is 9.92. The van der Waals surface area contributed by atoms with Crippen LogP contribution in [0.2, 0.25) is 0 Å². The number of nitrogens with zero attached hydrogens (tertiary/aromatic N) is 1. The van der Waals surface area contributed by atoms with Crippen LogP contribution in [0.5, 0.6) is 11.5 Å². The van der Waals surface area contributed by atoms with Crippen LogP contribution >= 0.6 is 0 Å². The van der Waals surface area contributed by atoms with Crippen molar-refractivity contribution in [2.45, 2.75) is 31.9 Å². The number of hydrogen-bond donors (Lipinski definition) is 2. The van der Waals surface area contributed by atoms with E-state index in [9.17, 15) is 14.7 Å². The molecule has 0 aliphatic heterocycles. The summed E-state index contributed by atoms with van der Waals surface area (Å²) in [5.74, 6) is 0.493. The van der Waals surface area contributed by atoms with Crippen LogP contribution in [-0.4, -0.2) is 28.0 Å². The Morgan fingerprint density at radius 3 is 2.58 bits per heavy atom. The number of carboxylic acid groups (broad SMARTS) is 1. The molecule has 7 heteroatoms. The Kier molecular flexibility index (Phi) is 5.77. The van der Waals surface area contributed by atoms with E-state index < -0.39 is 17.7 Å². The largest absolute Gasteiger partial charge is 0.511 e. The number of rotatable bonds is 5. The Labute approximate surface area is 179 Å². The van der Waals surface area contributed by atoms with Gasteiger partial charge < -0.3 is 24.3 Å². The van der Waals surface area contributed by atoms with Gasteiger partial charge in [-0.25, -0.2) is 4.79 Å². The third-order valence-corrected chi connectivity index (χ3v) is 5.55. The Hall–Kier alpha value is -3.58. The number of aromatic nitrogens is 1. The maximum Gasteiger partial charge on any atom is 0.511 e. The predicted molar refractivity (Wildman–Crippen MR) is 115 cm³/mol. The van der Waals surface area contributed by atoms with Gasteiger partial charge in [0.1, 0.15) is 5.75 Å². The van der Waals surface area contributed by atoms with E-state index >= 15 is 0 Å². The molecular formula is C24H23NO6. The number of hydrogen-bond acceptors (Lipinski definition) is 5. The van der Waals surface area contributed by atoms with Crippen molar-refractivity contribution in [3.63, 3.8) is 0 Å². The Bertz CT molecular complexity index is 1170. The summed E-state index contributed by atoms with van der Waals surface area (Å²) in [6.45, 7) is 0.414. The van der Waals surface area contributed by atoms with Crippen molar-refractivity contribution in [1.29, 1.82) is 0 Å². The minimum Gasteiger partial charge on any atom is -0.496 e. The second-order valence-corrected chi connectivity index (χ2v) is 7.48. The molecule has 0 spiro atoms. The summed E-state index contributed by atoms with van der Waals surface area (Å²) in [4.78, 5) is 23.7. The summed E-state index contributed by atoms with van der Waals surface area (Å²) >= 11 is 0. The lowest BCUT2D eigenvalue weighted by Gasteiger charge is -2.25. The van der Waals surface area contributed by atoms with Crippen molar-refractivity contribution in [2.24, 2.45) is 0 Å². The number of fused-ring (bicyclic) bond motifs is 1. The van der Waals surface area contributed by atoms with Gasteiger partial charge in [0.2, 0.25) is 5.43 Å². The van der Waals surface area contributed by atoms with Gasteiger partial charge in [-0.3, -0.25) is 4.79 Å². The standard InChI is InChI=1S/C24H23NO6/c1-30-20-8-3-2-5-17(20)16-11-9-15(10-12-16)13-25-14-21(31-24(28)29)23(27)22-18(25)6-4-7-19(22)26/h2-3,5,8-12,14,19,26H,4,6-7,13H2,1H3,(H,28,29). The number of ether oxygens (including phenoxy) is 2. The minimum absolute atomic E-state index is 0.232. The monoisotopic (exact) mass is 421 g/mol. The van der Waals surface area contributed by atoms with E-state index in [-0.39, 0.29) is 11.3 Å². The molecule has 4 rings (SSSR count). The smallest absolute Gasteiger partial charge is 0.496 e. The highest BCUT2D eigenvalue weighted by Gasteiger charge is 2.26. The number of methoxy groups -OCH3 is 1. The molecule has 0 amide bonds. The maximum atomic E-state index is 12.7. The van der Waals surface area contributed by atoms with Crippen molar-refractivity contribution < 1.29 is 24.5 Å². The average molecular weight is 421 g/mol. The van der Waals surface area contributed by atoms with Gasteiger partial charge in [0.25, 0.3) is 0 Å². The highest BCUT2D eigenvalue weighted by molar-refractivity contribution is 5.70. The van der Waals surface area contributed by atoms with Gasteiger partial charge >= 0.3 is 6.16 Å². The molecule has 0 fully saturated rings. The number of benzene rings is 2. The number of carbonyl (C=O) groups is 1. The summed E-state index contributed by atoms with van der Waals surface area (Å²) in [5.41, 5.74) is 3.34. The molecule has 2 aromatic carbocycles. The molecule has 0 saturated heterocycles. The molecule has 1 atom stereocenters. The molecule has 1 aliphatic rings. The molecule has 2 N–H and O–H groups in total. The summed E-state index contributed by atoms with van der Waals surface area (Å²) in [6, 6.07) is 15.7. The van der Waals surface area contributed by atoms with Crippen molar-refractivity contribution >= 4 is 6.16 Å². The first-order chi connectivity index (χ1) is 15.0. The predicted octanol–water partition coefficient (Wildman–Crippen LogP) is 4.00. The van der Waals surface area contributed by atoms with Crippen LogP contribution in [0.4, 0.5) is 4.79 Å². The molecule has 31 heavy (non-hydrogen) atoms. The molecular weight excluding hydrogens is 398 g/mol. The second-order valence-electron chi connectivity index (χ2n) is 7.48. The zero-order valence-electron chi connectivity index (χ0n) is 17.1. The summed E-state index contributed by atoms with van der Waals surface area (Å²) in [6.07, 6.45) is 0.782. The highest BCUT2D eigenvalue weighted by Crippen LogP contribution is 2.31. The molecule has 0 saturated carbocycles. The molecule has 1 aliphatic carbocycles. The van der Waals surface area contributed by atoms with E-state index in [0.717, 1.165) is 34.6 Å². The Morgan fingerprint density at radius 2 is 1.87 bits per heavy atom. The lowest BCUT2D eigenvalue weighted by molar-refractivity contribution is 0.140. The second kappa shape index (κ2) is 8.65. The maximum absolute atomic E-state index is 12.7. The first-order valence-corrected chi connectivity index (χ1v) is 10.1. The molecule has 0 radical (unpaired) electrons. The summed E-state index contributed by atoms with van der Waals surface area (Å²) in [7, 11) is 1.64. The van der Waals surface area contributed by atoms with Gasteiger partial charge in [-0.2, -0.15) is 0 Å². The van der Waals surface area contributed by atoms with Gasteiger partial charge in [-0.05, 0) is 36.5 Å². The van der Waals surface area contributed by atoms with Crippen LogP contribution < -0.4 is 14.9 Å². The first kappa shape index (κ1) is 20.7. The quantitative estimate of drug-likeness (QED) is 0.605. The Balaban J connectivity index is 1.70. The van der Waals surface area contributed by atoms with E-state index in [2.05, 4.69) is 0 Å². The van der Waals surface area contributed by atoms with E-state index in [0.29, 0.717) is 19.4 Å². The third kappa shape index (κ3) is 4.18. The van der Waals surface area contributed by atoms with Crippen LogP contribution in [-0.2, 0) is 13.0 Å². The zero-order chi connectivity index (χ0) is 22.0.